The van der Waals surface area contributed by atoms with Crippen molar-refractivity contribution < 1.29 is 8.42 Å². The zero-order valence-electron chi connectivity index (χ0n) is 12.5. The van der Waals surface area contributed by atoms with Crippen molar-refractivity contribution in [1.29, 1.82) is 0 Å². The van der Waals surface area contributed by atoms with Crippen LogP contribution in [0, 0.1) is 5.92 Å². The van der Waals surface area contributed by atoms with Gasteiger partial charge < -0.3 is 10.6 Å². The second kappa shape index (κ2) is 6.95. The molecule has 0 spiro atoms. The average Bonchev–Trinajstić information content (AvgIpc) is 2.40. The summed E-state index contributed by atoms with van der Waals surface area (Å²) in [6, 6.07) is 4.61. The summed E-state index contributed by atoms with van der Waals surface area (Å²) >= 11 is 0. The van der Waals surface area contributed by atoms with Crippen LogP contribution in [0.3, 0.4) is 0 Å². The SMILES string of the molecule is CCC(CC)CN(CC)c1cc(S(N)(=O)=O)ccc1N. The topological polar surface area (TPSA) is 89.4 Å². The average molecular weight is 299 g/mol. The molecular formula is C14H25N3O2S. The molecule has 0 aliphatic carbocycles. The van der Waals surface area contributed by atoms with Crippen LogP contribution in [0.25, 0.3) is 0 Å². The molecule has 1 aromatic carbocycles. The van der Waals surface area contributed by atoms with Gasteiger partial charge in [-0.05, 0) is 31.0 Å². The quantitative estimate of drug-likeness (QED) is 0.755. The predicted molar refractivity (Wildman–Crippen MR) is 84.2 cm³/mol. The van der Waals surface area contributed by atoms with E-state index >= 15 is 0 Å². The summed E-state index contributed by atoms with van der Waals surface area (Å²) in [5.74, 6) is 0.562. The van der Waals surface area contributed by atoms with Crippen molar-refractivity contribution in [3.63, 3.8) is 0 Å². The van der Waals surface area contributed by atoms with Gasteiger partial charge in [-0.25, -0.2) is 13.6 Å². The van der Waals surface area contributed by atoms with E-state index < -0.39 is 10.0 Å². The van der Waals surface area contributed by atoms with Gasteiger partial charge in [0.2, 0.25) is 10.0 Å². The second-order valence-electron chi connectivity index (χ2n) is 4.99. The Morgan fingerprint density at radius 1 is 1.20 bits per heavy atom. The van der Waals surface area contributed by atoms with Crippen molar-refractivity contribution in [2.24, 2.45) is 11.1 Å². The highest BCUT2D eigenvalue weighted by atomic mass is 32.2. The second-order valence-corrected chi connectivity index (χ2v) is 6.55. The molecular weight excluding hydrogens is 274 g/mol. The Balaban J connectivity index is 3.14. The van der Waals surface area contributed by atoms with E-state index in [1.807, 2.05) is 6.92 Å². The number of primary sulfonamides is 1. The number of rotatable bonds is 7. The van der Waals surface area contributed by atoms with Crippen molar-refractivity contribution in [2.45, 2.75) is 38.5 Å². The van der Waals surface area contributed by atoms with Crippen LogP contribution in [0.1, 0.15) is 33.6 Å². The smallest absolute Gasteiger partial charge is 0.238 e. The summed E-state index contributed by atoms with van der Waals surface area (Å²) in [4.78, 5) is 2.21. The Morgan fingerprint density at radius 3 is 2.25 bits per heavy atom. The van der Waals surface area contributed by atoms with Gasteiger partial charge in [0.05, 0.1) is 16.3 Å². The van der Waals surface area contributed by atoms with Crippen LogP contribution < -0.4 is 15.8 Å². The highest BCUT2D eigenvalue weighted by Crippen LogP contribution is 2.27. The maximum Gasteiger partial charge on any atom is 0.238 e. The molecule has 114 valence electrons. The highest BCUT2D eigenvalue weighted by Gasteiger charge is 2.16. The maximum absolute atomic E-state index is 11.5. The van der Waals surface area contributed by atoms with Gasteiger partial charge in [-0.3, -0.25) is 0 Å². The molecule has 0 saturated heterocycles. The van der Waals surface area contributed by atoms with Crippen LogP contribution in [-0.4, -0.2) is 21.5 Å². The zero-order chi connectivity index (χ0) is 15.3. The molecule has 0 fully saturated rings. The van der Waals surface area contributed by atoms with Crippen molar-refractivity contribution in [1.82, 2.24) is 0 Å². The zero-order valence-corrected chi connectivity index (χ0v) is 13.3. The minimum Gasteiger partial charge on any atom is -0.397 e. The molecule has 0 aliphatic rings. The third-order valence-electron chi connectivity index (χ3n) is 3.69. The van der Waals surface area contributed by atoms with Crippen molar-refractivity contribution in [2.75, 3.05) is 23.7 Å². The third-order valence-corrected chi connectivity index (χ3v) is 4.60. The van der Waals surface area contributed by atoms with Crippen molar-refractivity contribution >= 4 is 21.4 Å². The largest absolute Gasteiger partial charge is 0.397 e. The van der Waals surface area contributed by atoms with E-state index in [1.165, 1.54) is 6.07 Å². The third kappa shape index (κ3) is 4.11. The Morgan fingerprint density at radius 2 is 1.80 bits per heavy atom. The fraction of sp³-hybridized carbons (Fsp3) is 0.571. The van der Waals surface area contributed by atoms with E-state index in [9.17, 15) is 8.42 Å². The van der Waals surface area contributed by atoms with Gasteiger partial charge in [-0.15, -0.1) is 0 Å². The first-order valence-corrected chi connectivity index (χ1v) is 8.55. The van der Waals surface area contributed by atoms with Crippen molar-refractivity contribution in [3.05, 3.63) is 18.2 Å². The summed E-state index contributed by atoms with van der Waals surface area (Å²) < 4.78 is 22.9. The Kier molecular flexibility index (Phi) is 5.83. The number of sulfonamides is 1. The molecule has 0 aliphatic heterocycles. The van der Waals surface area contributed by atoms with E-state index in [1.54, 1.807) is 12.1 Å². The van der Waals surface area contributed by atoms with Crippen LogP contribution in [0.4, 0.5) is 11.4 Å². The normalized spacial score (nSPS) is 11.8. The molecule has 1 aromatic rings. The standard InChI is InChI=1S/C14H25N3O2S/c1-4-11(5-2)10-17(6-3)14-9-12(20(16,18)19)7-8-13(14)15/h7-9,11H,4-6,10,15H2,1-3H3,(H2,16,18,19). The molecule has 1 rings (SSSR count). The molecule has 0 amide bonds. The number of hydrogen-bond donors (Lipinski definition) is 2. The van der Waals surface area contributed by atoms with Gasteiger partial charge in [0.1, 0.15) is 0 Å². The van der Waals surface area contributed by atoms with Gasteiger partial charge in [0.25, 0.3) is 0 Å². The van der Waals surface area contributed by atoms with E-state index in [0.717, 1.165) is 31.6 Å². The number of anilines is 2. The Hall–Kier alpha value is -1.27. The molecule has 0 heterocycles. The molecule has 5 nitrogen and oxygen atoms in total. The van der Waals surface area contributed by atoms with Gasteiger partial charge in [0, 0.05) is 13.1 Å². The molecule has 0 bridgehead atoms. The van der Waals surface area contributed by atoms with Gasteiger partial charge in [-0.1, -0.05) is 26.7 Å². The molecule has 0 radical (unpaired) electrons. The van der Waals surface area contributed by atoms with Gasteiger partial charge >= 0.3 is 0 Å². The molecule has 0 atom stereocenters. The van der Waals surface area contributed by atoms with Crippen LogP contribution >= 0.6 is 0 Å². The maximum atomic E-state index is 11.5. The summed E-state index contributed by atoms with van der Waals surface area (Å²) in [7, 11) is -3.71. The summed E-state index contributed by atoms with van der Waals surface area (Å²) in [5.41, 5.74) is 7.31. The lowest BCUT2D eigenvalue weighted by Gasteiger charge is -2.28. The monoisotopic (exact) mass is 299 g/mol. The first kappa shape index (κ1) is 16.8. The molecule has 0 aromatic heterocycles. The lowest BCUT2D eigenvalue weighted by molar-refractivity contribution is 0.486. The lowest BCUT2D eigenvalue weighted by atomic mass is 10.0. The number of nitrogens with two attached hydrogens (primary N) is 2. The summed E-state index contributed by atoms with van der Waals surface area (Å²) in [6.07, 6.45) is 2.17. The number of hydrogen-bond acceptors (Lipinski definition) is 4. The van der Waals surface area contributed by atoms with Crippen LogP contribution in [0.2, 0.25) is 0 Å². The van der Waals surface area contributed by atoms with E-state index in [4.69, 9.17) is 10.9 Å². The van der Waals surface area contributed by atoms with Crippen LogP contribution in [0.5, 0.6) is 0 Å². The minimum atomic E-state index is -3.71. The molecule has 0 unspecified atom stereocenters. The van der Waals surface area contributed by atoms with Gasteiger partial charge in [-0.2, -0.15) is 0 Å². The highest BCUT2D eigenvalue weighted by molar-refractivity contribution is 7.89. The summed E-state index contributed by atoms with van der Waals surface area (Å²) in [5, 5.41) is 5.18. The first-order chi connectivity index (χ1) is 9.33. The molecule has 4 N–H and O–H groups in total. The predicted octanol–water partition coefficient (Wildman–Crippen LogP) is 2.18. The van der Waals surface area contributed by atoms with Crippen molar-refractivity contribution in [3.8, 4) is 0 Å². The summed E-state index contributed by atoms with van der Waals surface area (Å²) in [6.45, 7) is 7.99. The van der Waals surface area contributed by atoms with E-state index in [-0.39, 0.29) is 4.90 Å². The lowest BCUT2D eigenvalue weighted by Crippen LogP contribution is -2.30. The first-order valence-electron chi connectivity index (χ1n) is 7.00. The van der Waals surface area contributed by atoms with E-state index in [2.05, 4.69) is 18.7 Å². The number of benzene rings is 1. The molecule has 6 heteroatoms. The van der Waals surface area contributed by atoms with Crippen LogP contribution in [-0.2, 0) is 10.0 Å². The fourth-order valence-electron chi connectivity index (χ4n) is 2.23. The molecule has 0 saturated carbocycles. The Labute approximate surface area is 122 Å². The van der Waals surface area contributed by atoms with E-state index in [0.29, 0.717) is 11.6 Å². The van der Waals surface area contributed by atoms with Gasteiger partial charge in [0.15, 0.2) is 0 Å². The Bertz CT molecular complexity index is 539. The fourth-order valence-corrected chi connectivity index (χ4v) is 2.76. The molecule has 20 heavy (non-hydrogen) atoms. The minimum absolute atomic E-state index is 0.102. The number of nitrogens with zero attached hydrogens (tertiary/aromatic N) is 1. The van der Waals surface area contributed by atoms with Crippen LogP contribution in [0.15, 0.2) is 23.1 Å². The number of nitrogen functional groups attached to an aromatic ring is 1.